The maximum Gasteiger partial charge on any atom is 0.147 e. The van der Waals surface area contributed by atoms with Gasteiger partial charge in [-0.3, -0.25) is 4.90 Å². The molecule has 2 aromatic rings. The molecular weight excluding hydrogens is 254 g/mol. The van der Waals surface area contributed by atoms with Gasteiger partial charge in [0.1, 0.15) is 23.7 Å². The highest BCUT2D eigenvalue weighted by Gasteiger charge is 2.19. The van der Waals surface area contributed by atoms with Crippen molar-refractivity contribution >= 4 is 0 Å². The zero-order valence-electron chi connectivity index (χ0n) is 12.1. The predicted molar refractivity (Wildman–Crippen MR) is 75.0 cm³/mol. The Bertz CT molecular complexity index is 574. The van der Waals surface area contributed by atoms with Gasteiger partial charge in [0, 0.05) is 25.2 Å². The number of nitrogens with zero attached hydrogens (tertiary/aromatic N) is 4. The van der Waals surface area contributed by atoms with Gasteiger partial charge in [-0.2, -0.15) is 0 Å². The van der Waals surface area contributed by atoms with Gasteiger partial charge in [-0.25, -0.2) is 0 Å². The summed E-state index contributed by atoms with van der Waals surface area (Å²) in [4.78, 5) is 2.39. The van der Waals surface area contributed by atoms with E-state index < -0.39 is 0 Å². The molecule has 0 unspecified atom stereocenters. The molecule has 2 aromatic heterocycles. The van der Waals surface area contributed by atoms with Crippen molar-refractivity contribution in [2.75, 3.05) is 13.1 Å². The van der Waals surface area contributed by atoms with Gasteiger partial charge in [0.2, 0.25) is 0 Å². The van der Waals surface area contributed by atoms with Crippen molar-refractivity contribution in [3.63, 3.8) is 0 Å². The molecule has 108 valence electrons. The van der Waals surface area contributed by atoms with Crippen LogP contribution in [0.2, 0.25) is 0 Å². The Morgan fingerprint density at radius 3 is 3.15 bits per heavy atom. The fourth-order valence-corrected chi connectivity index (χ4v) is 2.57. The molecule has 1 aliphatic heterocycles. The first-order valence-corrected chi connectivity index (χ1v) is 7.14. The van der Waals surface area contributed by atoms with Crippen molar-refractivity contribution in [1.29, 1.82) is 0 Å². The van der Waals surface area contributed by atoms with E-state index in [1.807, 2.05) is 13.3 Å². The first-order chi connectivity index (χ1) is 9.76. The topological polar surface area (TPSA) is 59.1 Å². The predicted octanol–water partition coefficient (Wildman–Crippen LogP) is 1.30. The van der Waals surface area contributed by atoms with Crippen LogP contribution in [0.3, 0.4) is 0 Å². The maximum absolute atomic E-state index is 5.79. The Morgan fingerprint density at radius 1 is 1.40 bits per heavy atom. The first-order valence-electron chi connectivity index (χ1n) is 7.14. The molecule has 0 spiro atoms. The number of hydrogen-bond donors (Lipinski definition) is 1. The molecule has 3 rings (SSSR count). The maximum atomic E-state index is 5.79. The number of nitrogens with one attached hydrogen (secondary N) is 1. The minimum absolute atomic E-state index is 0.797. The van der Waals surface area contributed by atoms with Crippen LogP contribution in [0.5, 0.6) is 0 Å². The van der Waals surface area contributed by atoms with Crippen LogP contribution in [0, 0.1) is 6.92 Å². The number of furan rings is 1. The average Bonchev–Trinajstić information content (AvgIpc) is 3.03. The van der Waals surface area contributed by atoms with E-state index in [1.54, 1.807) is 0 Å². The molecule has 0 saturated carbocycles. The summed E-state index contributed by atoms with van der Waals surface area (Å²) < 4.78 is 7.91. The summed E-state index contributed by atoms with van der Waals surface area (Å²) in [7, 11) is 0. The van der Waals surface area contributed by atoms with Gasteiger partial charge in [-0.05, 0) is 19.5 Å². The minimum atomic E-state index is 0.797. The van der Waals surface area contributed by atoms with Gasteiger partial charge < -0.3 is 14.3 Å². The molecule has 6 nitrogen and oxygen atoms in total. The molecule has 1 N–H and O–H groups in total. The molecule has 0 saturated heterocycles. The first kappa shape index (κ1) is 13.3. The van der Waals surface area contributed by atoms with E-state index in [9.17, 15) is 0 Å². The van der Waals surface area contributed by atoms with Gasteiger partial charge in [0.05, 0.1) is 13.1 Å². The quantitative estimate of drug-likeness (QED) is 0.891. The monoisotopic (exact) mass is 275 g/mol. The third-order valence-electron chi connectivity index (χ3n) is 3.73. The van der Waals surface area contributed by atoms with Crippen LogP contribution in [0.1, 0.15) is 29.8 Å². The van der Waals surface area contributed by atoms with Crippen LogP contribution in [0.15, 0.2) is 16.8 Å². The lowest BCUT2D eigenvalue weighted by molar-refractivity contribution is 0.207. The highest BCUT2D eigenvalue weighted by Crippen LogP contribution is 2.19. The van der Waals surface area contributed by atoms with Crippen molar-refractivity contribution in [1.82, 2.24) is 25.0 Å². The van der Waals surface area contributed by atoms with E-state index >= 15 is 0 Å². The number of fused-ring (bicyclic) bond motifs is 1. The van der Waals surface area contributed by atoms with Gasteiger partial charge in [0.25, 0.3) is 0 Å². The molecule has 0 bridgehead atoms. The normalized spacial score (nSPS) is 15.5. The SMILES string of the molecule is CCNCc1cc(CN2CCn3cnnc3C2)c(C)o1. The third kappa shape index (κ3) is 2.76. The summed E-state index contributed by atoms with van der Waals surface area (Å²) in [6, 6.07) is 2.16. The molecule has 20 heavy (non-hydrogen) atoms. The van der Waals surface area contributed by atoms with Crippen LogP contribution in [0.25, 0.3) is 0 Å². The van der Waals surface area contributed by atoms with Crippen LogP contribution >= 0.6 is 0 Å². The lowest BCUT2D eigenvalue weighted by Gasteiger charge is -2.26. The van der Waals surface area contributed by atoms with Crippen LogP contribution in [-0.4, -0.2) is 32.8 Å². The van der Waals surface area contributed by atoms with Crippen molar-refractivity contribution in [3.8, 4) is 0 Å². The Kier molecular flexibility index (Phi) is 3.84. The van der Waals surface area contributed by atoms with Crippen LogP contribution in [-0.2, 0) is 26.2 Å². The summed E-state index contributed by atoms with van der Waals surface area (Å²) >= 11 is 0. The van der Waals surface area contributed by atoms with Crippen molar-refractivity contribution < 1.29 is 4.42 Å². The van der Waals surface area contributed by atoms with Crippen molar-refractivity contribution in [2.24, 2.45) is 0 Å². The fraction of sp³-hybridized carbons (Fsp3) is 0.571. The van der Waals surface area contributed by atoms with Crippen molar-refractivity contribution in [2.45, 2.75) is 40.0 Å². The Balaban J connectivity index is 1.65. The molecule has 0 fully saturated rings. The smallest absolute Gasteiger partial charge is 0.147 e. The summed E-state index contributed by atoms with van der Waals surface area (Å²) in [6.45, 7) is 9.64. The molecule has 3 heterocycles. The lowest BCUT2D eigenvalue weighted by atomic mass is 10.2. The largest absolute Gasteiger partial charge is 0.465 e. The second-order valence-electron chi connectivity index (χ2n) is 5.23. The zero-order valence-corrected chi connectivity index (χ0v) is 12.1. The highest BCUT2D eigenvalue weighted by atomic mass is 16.3. The number of hydrogen-bond acceptors (Lipinski definition) is 5. The summed E-state index contributed by atoms with van der Waals surface area (Å²) in [5, 5.41) is 11.4. The van der Waals surface area contributed by atoms with E-state index in [0.717, 1.165) is 56.6 Å². The van der Waals surface area contributed by atoms with E-state index in [2.05, 4.69) is 38.0 Å². The van der Waals surface area contributed by atoms with Gasteiger partial charge in [0.15, 0.2) is 0 Å². The standard InChI is InChI=1S/C14H21N5O/c1-3-15-7-13-6-12(11(2)20-13)8-18-4-5-19-10-16-17-14(19)9-18/h6,10,15H,3-5,7-9H2,1-2H3. The minimum Gasteiger partial charge on any atom is -0.465 e. The summed E-state index contributed by atoms with van der Waals surface area (Å²) in [5.41, 5.74) is 1.27. The molecule has 0 amide bonds. The number of aromatic nitrogens is 3. The molecule has 1 aliphatic rings. The molecule has 0 radical (unpaired) electrons. The molecule has 0 aromatic carbocycles. The van der Waals surface area contributed by atoms with E-state index in [-0.39, 0.29) is 0 Å². The fourth-order valence-electron chi connectivity index (χ4n) is 2.57. The van der Waals surface area contributed by atoms with Gasteiger partial charge >= 0.3 is 0 Å². The van der Waals surface area contributed by atoms with Crippen LogP contribution < -0.4 is 5.32 Å². The number of rotatable bonds is 5. The Morgan fingerprint density at radius 2 is 2.30 bits per heavy atom. The molecule has 6 heteroatoms. The molecule has 0 aliphatic carbocycles. The van der Waals surface area contributed by atoms with Gasteiger partial charge in [-0.15, -0.1) is 10.2 Å². The second kappa shape index (κ2) is 5.76. The molecular formula is C14H21N5O. The van der Waals surface area contributed by atoms with Crippen molar-refractivity contribution in [3.05, 3.63) is 35.3 Å². The van der Waals surface area contributed by atoms with E-state index in [1.165, 1.54) is 5.56 Å². The van der Waals surface area contributed by atoms with E-state index in [0.29, 0.717) is 0 Å². The second-order valence-corrected chi connectivity index (χ2v) is 5.23. The van der Waals surface area contributed by atoms with E-state index in [4.69, 9.17) is 4.42 Å². The van der Waals surface area contributed by atoms with Gasteiger partial charge in [-0.1, -0.05) is 6.92 Å². The highest BCUT2D eigenvalue weighted by molar-refractivity contribution is 5.21. The summed E-state index contributed by atoms with van der Waals surface area (Å²) in [6.07, 6.45) is 1.81. The lowest BCUT2D eigenvalue weighted by Crippen LogP contribution is -2.33. The zero-order chi connectivity index (χ0) is 13.9. The Labute approximate surface area is 118 Å². The van der Waals surface area contributed by atoms with Crippen LogP contribution in [0.4, 0.5) is 0 Å². The average molecular weight is 275 g/mol. The summed E-state index contributed by atoms with van der Waals surface area (Å²) in [5.74, 6) is 3.08. The Hall–Kier alpha value is -1.66. The molecule has 0 atom stereocenters. The number of aryl methyl sites for hydroxylation is 1. The third-order valence-corrected chi connectivity index (χ3v) is 3.73.